The van der Waals surface area contributed by atoms with Gasteiger partial charge in [-0.2, -0.15) is 0 Å². The molecule has 0 aliphatic carbocycles. The van der Waals surface area contributed by atoms with Crippen LogP contribution in [-0.2, 0) is 10.0 Å². The number of nitrogen functional groups attached to an aromatic ring is 2. The van der Waals surface area contributed by atoms with Crippen LogP contribution in [0.2, 0.25) is 0 Å². The number of sulfonamides is 1. The van der Waals surface area contributed by atoms with Gasteiger partial charge in [0, 0.05) is 18.0 Å². The highest BCUT2D eigenvalue weighted by Gasteiger charge is 2.17. The Morgan fingerprint density at radius 1 is 1.03 bits per heavy atom. The third kappa shape index (κ3) is 4.25. The molecule has 10 nitrogen and oxygen atoms in total. The molecule has 0 aliphatic rings. The van der Waals surface area contributed by atoms with Crippen molar-refractivity contribution >= 4 is 38.5 Å². The first-order chi connectivity index (χ1) is 15.3. The van der Waals surface area contributed by atoms with E-state index in [1.807, 2.05) is 0 Å². The summed E-state index contributed by atoms with van der Waals surface area (Å²) in [6, 6.07) is 7.59. The Bertz CT molecular complexity index is 1410. The summed E-state index contributed by atoms with van der Waals surface area (Å²) < 4.78 is 41.5. The number of aromatic nitrogens is 5. The smallest absolute Gasteiger partial charge is 0.232 e. The number of halogens is 1. The first kappa shape index (κ1) is 21.3. The van der Waals surface area contributed by atoms with Crippen molar-refractivity contribution in [2.24, 2.45) is 0 Å². The van der Waals surface area contributed by atoms with Gasteiger partial charge in [0.1, 0.15) is 5.52 Å². The highest BCUT2D eigenvalue weighted by atomic mass is 32.2. The summed E-state index contributed by atoms with van der Waals surface area (Å²) >= 11 is 0. The molecule has 0 fully saturated rings. The van der Waals surface area contributed by atoms with Gasteiger partial charge in [-0.15, -0.1) is 0 Å². The molecule has 1 aromatic carbocycles. The van der Waals surface area contributed by atoms with E-state index in [0.29, 0.717) is 23.3 Å². The Hall–Kier alpha value is -3.93. The zero-order chi connectivity index (χ0) is 22.9. The van der Waals surface area contributed by atoms with Crippen LogP contribution in [0.25, 0.3) is 33.7 Å². The zero-order valence-electron chi connectivity index (χ0n) is 16.9. The predicted molar refractivity (Wildman–Crippen MR) is 120 cm³/mol. The van der Waals surface area contributed by atoms with Crippen LogP contribution in [0.1, 0.15) is 13.3 Å². The summed E-state index contributed by atoms with van der Waals surface area (Å²) in [5, 5.41) is 0. The van der Waals surface area contributed by atoms with Crippen molar-refractivity contribution in [3.05, 3.63) is 48.5 Å². The van der Waals surface area contributed by atoms with Crippen LogP contribution in [0.5, 0.6) is 0 Å². The molecule has 0 unspecified atom stereocenters. The standard InChI is InChI=1S/C20H19FN8O2S/c1-2-8-32(30,31)29-14-5-3-4-12(16(14)21)13-6-7-15-17(26-13)18(22)28-19(27-15)11-9-24-20(23)25-10-11/h3-7,9-10,29H,2,8H2,1H3,(H2,22,27,28)(H2,23,24,25). The van der Waals surface area contributed by atoms with Gasteiger partial charge in [-0.3, -0.25) is 4.72 Å². The Labute approximate surface area is 183 Å². The molecule has 3 heterocycles. The number of hydrogen-bond acceptors (Lipinski definition) is 9. The predicted octanol–water partition coefficient (Wildman–Crippen LogP) is 2.60. The summed E-state index contributed by atoms with van der Waals surface area (Å²) in [5.41, 5.74) is 13.0. The van der Waals surface area contributed by atoms with Gasteiger partial charge in [-0.1, -0.05) is 13.0 Å². The van der Waals surface area contributed by atoms with Gasteiger partial charge in [0.15, 0.2) is 17.5 Å². The van der Waals surface area contributed by atoms with E-state index in [4.69, 9.17) is 11.5 Å². The lowest BCUT2D eigenvalue weighted by Gasteiger charge is -2.11. The molecule has 4 aromatic rings. The second-order valence-electron chi connectivity index (χ2n) is 6.91. The SMILES string of the molecule is CCCS(=O)(=O)Nc1cccc(-c2ccc3nc(-c4cnc(N)nc4)nc(N)c3n2)c1F. The quantitative estimate of drug-likeness (QED) is 0.397. The van der Waals surface area contributed by atoms with Gasteiger partial charge < -0.3 is 11.5 Å². The maximum atomic E-state index is 15.1. The zero-order valence-corrected chi connectivity index (χ0v) is 17.8. The molecule has 4 rings (SSSR count). The summed E-state index contributed by atoms with van der Waals surface area (Å²) in [4.78, 5) is 20.9. The summed E-state index contributed by atoms with van der Waals surface area (Å²) in [5.74, 6) is -0.351. The highest BCUT2D eigenvalue weighted by molar-refractivity contribution is 7.92. The lowest BCUT2D eigenvalue weighted by molar-refractivity contribution is 0.597. The Kier molecular flexibility index (Phi) is 5.53. The number of nitrogens with zero attached hydrogens (tertiary/aromatic N) is 5. The molecule has 5 N–H and O–H groups in total. The monoisotopic (exact) mass is 454 g/mol. The minimum absolute atomic E-state index is 0.0869. The van der Waals surface area contributed by atoms with Crippen molar-refractivity contribution in [2.75, 3.05) is 21.9 Å². The second-order valence-corrected chi connectivity index (χ2v) is 8.76. The van der Waals surface area contributed by atoms with E-state index in [9.17, 15) is 8.42 Å². The van der Waals surface area contributed by atoms with E-state index in [1.54, 1.807) is 19.1 Å². The first-order valence-electron chi connectivity index (χ1n) is 9.59. The molecular formula is C20H19FN8O2S. The van der Waals surface area contributed by atoms with Crippen molar-refractivity contribution in [1.29, 1.82) is 0 Å². The van der Waals surface area contributed by atoms with Crippen molar-refractivity contribution in [3.8, 4) is 22.6 Å². The van der Waals surface area contributed by atoms with E-state index >= 15 is 4.39 Å². The number of benzene rings is 1. The number of fused-ring (bicyclic) bond motifs is 1. The molecule has 0 aliphatic heterocycles. The Morgan fingerprint density at radius 2 is 1.78 bits per heavy atom. The second kappa shape index (κ2) is 8.30. The number of nitrogens with two attached hydrogens (primary N) is 2. The van der Waals surface area contributed by atoms with Crippen molar-refractivity contribution in [3.63, 3.8) is 0 Å². The van der Waals surface area contributed by atoms with Gasteiger partial charge in [-0.05, 0) is 30.7 Å². The molecular weight excluding hydrogens is 435 g/mol. The number of nitrogens with one attached hydrogen (secondary N) is 1. The Balaban J connectivity index is 1.75. The summed E-state index contributed by atoms with van der Waals surface area (Å²) in [6.45, 7) is 1.73. The van der Waals surface area contributed by atoms with Crippen molar-refractivity contribution < 1.29 is 12.8 Å². The largest absolute Gasteiger partial charge is 0.382 e. The van der Waals surface area contributed by atoms with E-state index in [0.717, 1.165) is 0 Å². The molecule has 3 aromatic heterocycles. The van der Waals surface area contributed by atoms with Gasteiger partial charge in [0.05, 0.1) is 28.2 Å². The maximum Gasteiger partial charge on any atom is 0.232 e. The van der Waals surface area contributed by atoms with Crippen LogP contribution in [0.4, 0.5) is 21.8 Å². The molecule has 0 amide bonds. The molecule has 0 spiro atoms. The van der Waals surface area contributed by atoms with Crippen molar-refractivity contribution in [2.45, 2.75) is 13.3 Å². The minimum atomic E-state index is -3.65. The molecule has 0 saturated heterocycles. The third-order valence-corrected chi connectivity index (χ3v) is 5.99. The minimum Gasteiger partial charge on any atom is -0.382 e. The fourth-order valence-electron chi connectivity index (χ4n) is 3.07. The van der Waals surface area contributed by atoms with E-state index in [1.165, 1.54) is 30.6 Å². The summed E-state index contributed by atoms with van der Waals surface area (Å²) in [7, 11) is -3.65. The fourth-order valence-corrected chi connectivity index (χ4v) is 4.20. The van der Waals surface area contributed by atoms with Gasteiger partial charge in [-0.25, -0.2) is 37.7 Å². The van der Waals surface area contributed by atoms with Crippen LogP contribution in [0.3, 0.4) is 0 Å². The van der Waals surface area contributed by atoms with Crippen LogP contribution in [0, 0.1) is 5.82 Å². The van der Waals surface area contributed by atoms with Crippen LogP contribution in [-0.4, -0.2) is 39.1 Å². The molecule has 0 bridgehead atoms. The average Bonchev–Trinajstić information content (AvgIpc) is 2.75. The summed E-state index contributed by atoms with van der Waals surface area (Å²) in [6.07, 6.45) is 3.36. The topological polar surface area (TPSA) is 163 Å². The van der Waals surface area contributed by atoms with Crippen LogP contribution in [0.15, 0.2) is 42.7 Å². The fraction of sp³-hybridized carbons (Fsp3) is 0.150. The molecule has 0 atom stereocenters. The van der Waals surface area contributed by atoms with Crippen LogP contribution >= 0.6 is 0 Å². The maximum absolute atomic E-state index is 15.1. The number of anilines is 3. The molecule has 32 heavy (non-hydrogen) atoms. The highest BCUT2D eigenvalue weighted by Crippen LogP contribution is 2.30. The molecule has 164 valence electrons. The molecule has 12 heteroatoms. The van der Waals surface area contributed by atoms with Gasteiger partial charge in [0.2, 0.25) is 16.0 Å². The van der Waals surface area contributed by atoms with E-state index in [2.05, 4.69) is 29.6 Å². The first-order valence-corrected chi connectivity index (χ1v) is 11.2. The average molecular weight is 454 g/mol. The van der Waals surface area contributed by atoms with Crippen molar-refractivity contribution in [1.82, 2.24) is 24.9 Å². The third-order valence-electron chi connectivity index (χ3n) is 4.51. The normalized spacial score (nSPS) is 11.6. The number of pyridine rings is 1. The van der Waals surface area contributed by atoms with E-state index < -0.39 is 15.8 Å². The van der Waals surface area contributed by atoms with Gasteiger partial charge >= 0.3 is 0 Å². The lowest BCUT2D eigenvalue weighted by atomic mass is 10.1. The number of hydrogen-bond donors (Lipinski definition) is 3. The van der Waals surface area contributed by atoms with Crippen LogP contribution < -0.4 is 16.2 Å². The molecule has 0 radical (unpaired) electrons. The van der Waals surface area contributed by atoms with E-state index in [-0.39, 0.29) is 40.0 Å². The molecule has 0 saturated carbocycles. The van der Waals surface area contributed by atoms with Gasteiger partial charge in [0.25, 0.3) is 0 Å². The Morgan fingerprint density at radius 3 is 2.50 bits per heavy atom. The lowest BCUT2D eigenvalue weighted by Crippen LogP contribution is -2.17. The number of rotatable bonds is 6.